The Balaban J connectivity index is 1.98. The third kappa shape index (κ3) is 3.69. The summed E-state index contributed by atoms with van der Waals surface area (Å²) >= 11 is 0. The number of benzene rings is 2. The van der Waals surface area contributed by atoms with Crippen molar-refractivity contribution < 1.29 is 14.0 Å². The highest BCUT2D eigenvalue weighted by Gasteiger charge is 2.13. The van der Waals surface area contributed by atoms with Gasteiger partial charge in [0.05, 0.1) is 12.1 Å². The second-order valence-corrected chi connectivity index (χ2v) is 5.03. The number of halogens is 1. The lowest BCUT2D eigenvalue weighted by Crippen LogP contribution is -2.30. The molecule has 0 heterocycles. The zero-order chi connectivity index (χ0) is 16.1. The summed E-state index contributed by atoms with van der Waals surface area (Å²) in [6.07, 6.45) is 0. The van der Waals surface area contributed by atoms with Crippen molar-refractivity contribution in [2.75, 3.05) is 25.5 Å². The normalized spacial score (nSPS) is 10.1. The van der Waals surface area contributed by atoms with E-state index in [2.05, 4.69) is 5.32 Å². The van der Waals surface area contributed by atoms with Gasteiger partial charge in [-0.05, 0) is 36.4 Å². The van der Waals surface area contributed by atoms with Crippen LogP contribution in [0.4, 0.5) is 10.1 Å². The van der Waals surface area contributed by atoms with Gasteiger partial charge in [0.1, 0.15) is 5.82 Å². The molecule has 0 saturated carbocycles. The molecule has 5 heteroatoms. The Hall–Kier alpha value is -2.69. The summed E-state index contributed by atoms with van der Waals surface area (Å²) in [7, 11) is 3.82. The van der Waals surface area contributed by atoms with Gasteiger partial charge >= 0.3 is 0 Å². The first-order valence-corrected chi connectivity index (χ1v) is 6.82. The van der Waals surface area contributed by atoms with Crippen LogP contribution in [0.2, 0.25) is 0 Å². The molecule has 0 aliphatic heterocycles. The van der Waals surface area contributed by atoms with Gasteiger partial charge in [-0.3, -0.25) is 9.59 Å². The molecule has 0 atom stereocenters. The Bertz CT molecular complexity index is 681. The van der Waals surface area contributed by atoms with Crippen LogP contribution in [-0.2, 0) is 0 Å². The Morgan fingerprint density at radius 1 is 1.05 bits per heavy atom. The summed E-state index contributed by atoms with van der Waals surface area (Å²) in [6.45, 7) is -0.172. The molecule has 0 aliphatic rings. The highest BCUT2D eigenvalue weighted by Crippen LogP contribution is 2.12. The Kier molecular flexibility index (Phi) is 4.88. The first-order chi connectivity index (χ1) is 10.5. The van der Waals surface area contributed by atoms with E-state index in [0.29, 0.717) is 5.56 Å². The molecule has 0 bridgehead atoms. The fourth-order valence-corrected chi connectivity index (χ4v) is 1.95. The van der Waals surface area contributed by atoms with E-state index < -0.39 is 11.7 Å². The minimum atomic E-state index is -0.609. The van der Waals surface area contributed by atoms with Crippen molar-refractivity contribution >= 4 is 17.4 Å². The molecule has 22 heavy (non-hydrogen) atoms. The molecule has 0 fully saturated rings. The number of anilines is 1. The number of Topliss-reactive ketones (excluding diaryl/α,β-unsaturated/α-hetero) is 1. The lowest BCUT2D eigenvalue weighted by Gasteiger charge is -2.12. The Morgan fingerprint density at radius 3 is 2.27 bits per heavy atom. The van der Waals surface area contributed by atoms with Gasteiger partial charge in [-0.25, -0.2) is 4.39 Å². The summed E-state index contributed by atoms with van der Waals surface area (Å²) in [5.74, 6) is -1.44. The zero-order valence-electron chi connectivity index (χ0n) is 12.5. The van der Waals surface area contributed by atoms with Gasteiger partial charge < -0.3 is 10.2 Å². The lowest BCUT2D eigenvalue weighted by molar-refractivity contribution is 0.0901. The van der Waals surface area contributed by atoms with Crippen LogP contribution in [0, 0.1) is 5.82 Å². The number of carbonyl (C=O) groups is 2. The first kappa shape index (κ1) is 15.7. The van der Waals surface area contributed by atoms with Crippen LogP contribution in [0.5, 0.6) is 0 Å². The van der Waals surface area contributed by atoms with E-state index in [4.69, 9.17) is 0 Å². The summed E-state index contributed by atoms with van der Waals surface area (Å²) < 4.78 is 13.5. The Labute approximate surface area is 128 Å². The average Bonchev–Trinajstić information content (AvgIpc) is 2.52. The van der Waals surface area contributed by atoms with Gasteiger partial charge in [-0.15, -0.1) is 0 Å². The van der Waals surface area contributed by atoms with Crippen LogP contribution in [0.15, 0.2) is 48.5 Å². The van der Waals surface area contributed by atoms with Crippen LogP contribution in [0.25, 0.3) is 0 Å². The molecule has 0 aromatic heterocycles. The van der Waals surface area contributed by atoms with E-state index in [9.17, 15) is 14.0 Å². The van der Waals surface area contributed by atoms with E-state index in [-0.39, 0.29) is 17.9 Å². The predicted molar refractivity (Wildman–Crippen MR) is 83.8 cm³/mol. The summed E-state index contributed by atoms with van der Waals surface area (Å²) in [4.78, 5) is 25.8. The highest BCUT2D eigenvalue weighted by atomic mass is 19.1. The van der Waals surface area contributed by atoms with E-state index >= 15 is 0 Å². The first-order valence-electron chi connectivity index (χ1n) is 6.82. The number of hydrogen-bond donors (Lipinski definition) is 1. The second-order valence-electron chi connectivity index (χ2n) is 5.03. The quantitative estimate of drug-likeness (QED) is 0.863. The number of rotatable bonds is 5. The zero-order valence-corrected chi connectivity index (χ0v) is 12.5. The number of nitrogens with zero attached hydrogens (tertiary/aromatic N) is 1. The van der Waals surface area contributed by atoms with Crippen LogP contribution in [0.1, 0.15) is 20.7 Å². The van der Waals surface area contributed by atoms with Gasteiger partial charge in [0.2, 0.25) is 0 Å². The fourth-order valence-electron chi connectivity index (χ4n) is 1.95. The SMILES string of the molecule is CN(C)c1ccc(C(=O)CNC(=O)c2ccccc2F)cc1. The summed E-state index contributed by atoms with van der Waals surface area (Å²) in [5, 5.41) is 2.44. The van der Waals surface area contributed by atoms with Gasteiger partial charge in [0.25, 0.3) is 5.91 Å². The molecule has 114 valence electrons. The minimum Gasteiger partial charge on any atom is -0.378 e. The van der Waals surface area contributed by atoms with Gasteiger partial charge in [-0.2, -0.15) is 0 Å². The number of ketones is 1. The highest BCUT2D eigenvalue weighted by molar-refractivity contribution is 6.02. The monoisotopic (exact) mass is 300 g/mol. The molecule has 0 aliphatic carbocycles. The van der Waals surface area contributed by atoms with Crippen molar-refractivity contribution in [1.29, 1.82) is 0 Å². The maximum Gasteiger partial charge on any atom is 0.254 e. The van der Waals surface area contributed by atoms with Crippen LogP contribution in [-0.4, -0.2) is 32.3 Å². The molecule has 2 aromatic carbocycles. The largest absolute Gasteiger partial charge is 0.378 e. The van der Waals surface area contributed by atoms with Crippen molar-refractivity contribution in [3.8, 4) is 0 Å². The number of nitrogens with one attached hydrogen (secondary N) is 1. The molecule has 4 nitrogen and oxygen atoms in total. The van der Waals surface area contributed by atoms with Gasteiger partial charge in [0.15, 0.2) is 5.78 Å². The van der Waals surface area contributed by atoms with Crippen LogP contribution >= 0.6 is 0 Å². The van der Waals surface area contributed by atoms with E-state index in [0.717, 1.165) is 5.69 Å². The number of hydrogen-bond acceptors (Lipinski definition) is 3. The van der Waals surface area contributed by atoms with Crippen LogP contribution in [0.3, 0.4) is 0 Å². The third-order valence-electron chi connectivity index (χ3n) is 3.23. The number of amides is 1. The minimum absolute atomic E-state index is 0.0711. The van der Waals surface area contributed by atoms with Crippen LogP contribution < -0.4 is 10.2 Å². The molecule has 0 radical (unpaired) electrons. The van der Waals surface area contributed by atoms with Crippen molar-refractivity contribution in [3.63, 3.8) is 0 Å². The van der Waals surface area contributed by atoms with E-state index in [1.54, 1.807) is 18.2 Å². The maximum atomic E-state index is 13.5. The van der Waals surface area contributed by atoms with Gasteiger partial charge in [-0.1, -0.05) is 12.1 Å². The van der Waals surface area contributed by atoms with Crippen molar-refractivity contribution in [2.24, 2.45) is 0 Å². The second kappa shape index (κ2) is 6.85. The molecule has 1 amide bonds. The molecule has 2 rings (SSSR count). The van der Waals surface area contributed by atoms with E-state index in [1.165, 1.54) is 18.2 Å². The van der Waals surface area contributed by atoms with Crippen molar-refractivity contribution in [2.45, 2.75) is 0 Å². The molecule has 2 aromatic rings. The smallest absolute Gasteiger partial charge is 0.254 e. The molecule has 0 saturated heterocycles. The van der Waals surface area contributed by atoms with Crippen molar-refractivity contribution in [3.05, 3.63) is 65.5 Å². The summed E-state index contributed by atoms with van der Waals surface area (Å²) in [5.41, 5.74) is 1.41. The van der Waals surface area contributed by atoms with E-state index in [1.807, 2.05) is 31.1 Å². The maximum absolute atomic E-state index is 13.5. The van der Waals surface area contributed by atoms with Gasteiger partial charge in [0, 0.05) is 25.3 Å². The Morgan fingerprint density at radius 2 is 1.68 bits per heavy atom. The average molecular weight is 300 g/mol. The van der Waals surface area contributed by atoms with Crippen molar-refractivity contribution in [1.82, 2.24) is 5.32 Å². The molecule has 1 N–H and O–H groups in total. The molecule has 0 unspecified atom stereocenters. The summed E-state index contributed by atoms with van der Waals surface area (Å²) in [6, 6.07) is 12.7. The number of carbonyl (C=O) groups excluding carboxylic acids is 2. The lowest BCUT2D eigenvalue weighted by atomic mass is 10.1. The fraction of sp³-hybridized carbons (Fsp3) is 0.176. The predicted octanol–water partition coefficient (Wildman–Crippen LogP) is 2.50. The molecule has 0 spiro atoms. The third-order valence-corrected chi connectivity index (χ3v) is 3.23. The topological polar surface area (TPSA) is 49.4 Å². The molecular formula is C17H17FN2O2. The standard InChI is InChI=1S/C17H17FN2O2/c1-20(2)13-9-7-12(8-10-13)16(21)11-19-17(22)14-5-3-4-6-15(14)18/h3-10H,11H2,1-2H3,(H,19,22). The molecular weight excluding hydrogens is 283 g/mol.